The van der Waals surface area contributed by atoms with Crippen molar-refractivity contribution in [2.24, 2.45) is 0 Å². The van der Waals surface area contributed by atoms with Crippen molar-refractivity contribution in [3.63, 3.8) is 0 Å². The Kier molecular flexibility index (Phi) is 6.22. The number of carboxylic acids is 1. The van der Waals surface area contributed by atoms with E-state index in [0.717, 1.165) is 5.56 Å². The van der Waals surface area contributed by atoms with E-state index in [-0.39, 0.29) is 23.8 Å². The van der Waals surface area contributed by atoms with E-state index >= 15 is 0 Å². The molecule has 2 aromatic rings. The number of aliphatic carboxylic acids is 1. The highest BCUT2D eigenvalue weighted by Gasteiger charge is 2.18. The third kappa shape index (κ3) is 5.30. The van der Waals surface area contributed by atoms with E-state index in [9.17, 15) is 18.0 Å². The second-order valence-corrected chi connectivity index (χ2v) is 7.97. The van der Waals surface area contributed by atoms with Crippen LogP contribution in [0, 0.1) is 13.8 Å². The summed E-state index contributed by atoms with van der Waals surface area (Å²) in [5.41, 5.74) is 2.16. The number of amides is 1. The number of rotatable bonds is 7. The highest BCUT2D eigenvalue weighted by Crippen LogP contribution is 2.21. The summed E-state index contributed by atoms with van der Waals surface area (Å²) in [6.45, 7) is 3.64. The molecule has 0 heterocycles. The number of carbonyl (C=O) groups is 2. The van der Waals surface area contributed by atoms with Crippen LogP contribution < -0.4 is 4.72 Å². The molecule has 0 aromatic heterocycles. The van der Waals surface area contributed by atoms with E-state index in [1.54, 1.807) is 19.1 Å². The summed E-state index contributed by atoms with van der Waals surface area (Å²) < 4.78 is 27.7. The summed E-state index contributed by atoms with van der Waals surface area (Å²) in [6.07, 6.45) is -0.143. The molecule has 0 aliphatic carbocycles. The fraction of sp³-hybridized carbons (Fsp3) is 0.263. The van der Waals surface area contributed by atoms with Gasteiger partial charge in [-0.3, -0.25) is 14.3 Å². The van der Waals surface area contributed by atoms with E-state index < -0.39 is 16.0 Å². The lowest BCUT2D eigenvalue weighted by molar-refractivity contribution is -0.137. The first-order valence-electron chi connectivity index (χ1n) is 8.27. The first kappa shape index (κ1) is 20.4. The molecule has 2 aromatic carbocycles. The van der Waals surface area contributed by atoms with Gasteiger partial charge < -0.3 is 10.0 Å². The van der Waals surface area contributed by atoms with Crippen LogP contribution in [0.15, 0.2) is 47.4 Å². The number of hydrogen-bond donors (Lipinski definition) is 2. The van der Waals surface area contributed by atoms with Crippen molar-refractivity contribution in [1.82, 2.24) is 4.90 Å². The lowest BCUT2D eigenvalue weighted by Crippen LogP contribution is -2.29. The highest BCUT2D eigenvalue weighted by atomic mass is 32.2. The van der Waals surface area contributed by atoms with Gasteiger partial charge in [-0.25, -0.2) is 8.42 Å². The molecule has 0 aliphatic heterocycles. The molecule has 27 heavy (non-hydrogen) atoms. The maximum absolute atomic E-state index is 12.6. The number of carbonyl (C=O) groups excluding carboxylic acids is 1. The quantitative estimate of drug-likeness (QED) is 0.756. The van der Waals surface area contributed by atoms with E-state index in [1.807, 2.05) is 13.0 Å². The normalized spacial score (nSPS) is 11.1. The van der Waals surface area contributed by atoms with Gasteiger partial charge in [0.1, 0.15) is 0 Å². The number of aryl methyl sites for hydroxylation is 2. The average Bonchev–Trinajstić information content (AvgIpc) is 2.61. The van der Waals surface area contributed by atoms with E-state index in [2.05, 4.69) is 4.72 Å². The van der Waals surface area contributed by atoms with Crippen molar-refractivity contribution in [2.75, 3.05) is 18.3 Å². The van der Waals surface area contributed by atoms with Gasteiger partial charge in [-0.1, -0.05) is 12.1 Å². The molecule has 1 amide bonds. The molecule has 0 bridgehead atoms. The summed E-state index contributed by atoms with van der Waals surface area (Å²) in [6, 6.07) is 11.2. The third-order valence-electron chi connectivity index (χ3n) is 4.03. The van der Waals surface area contributed by atoms with Crippen molar-refractivity contribution >= 4 is 27.6 Å². The Morgan fingerprint density at radius 2 is 1.70 bits per heavy atom. The molecule has 7 nitrogen and oxygen atoms in total. The molecule has 8 heteroatoms. The van der Waals surface area contributed by atoms with Gasteiger partial charge in [-0.05, 0) is 55.3 Å². The number of sulfonamides is 1. The predicted molar refractivity (Wildman–Crippen MR) is 102 cm³/mol. The van der Waals surface area contributed by atoms with Crippen LogP contribution in [0.2, 0.25) is 0 Å². The van der Waals surface area contributed by atoms with Gasteiger partial charge in [-0.2, -0.15) is 0 Å². The lowest BCUT2D eigenvalue weighted by Gasteiger charge is -2.16. The van der Waals surface area contributed by atoms with E-state index in [1.165, 1.54) is 36.2 Å². The molecule has 0 unspecified atom stereocenters. The standard InChI is InChI=1S/C19H22N2O5S/c1-13-4-5-14(2)17(12-13)27(25,26)20-16-8-6-15(7-9-16)19(24)21(3)11-10-18(22)23/h4-9,12,20H,10-11H2,1-3H3,(H,22,23). The molecule has 0 saturated carbocycles. The monoisotopic (exact) mass is 390 g/mol. The number of benzene rings is 2. The second-order valence-electron chi connectivity index (χ2n) is 6.32. The molecule has 0 saturated heterocycles. The Labute approximate surface area is 158 Å². The number of hydrogen-bond acceptors (Lipinski definition) is 4. The molecule has 2 rings (SSSR count). The fourth-order valence-corrected chi connectivity index (χ4v) is 3.86. The van der Waals surface area contributed by atoms with Crippen molar-refractivity contribution < 1.29 is 23.1 Å². The van der Waals surface area contributed by atoms with Crippen LogP contribution in [0.5, 0.6) is 0 Å². The highest BCUT2D eigenvalue weighted by molar-refractivity contribution is 7.92. The number of nitrogens with zero attached hydrogens (tertiary/aromatic N) is 1. The number of carboxylic acid groups (broad SMARTS) is 1. The van der Waals surface area contributed by atoms with Gasteiger partial charge in [0.05, 0.1) is 11.3 Å². The van der Waals surface area contributed by atoms with Gasteiger partial charge in [0.2, 0.25) is 0 Å². The zero-order chi connectivity index (χ0) is 20.2. The van der Waals surface area contributed by atoms with Crippen LogP contribution in [-0.2, 0) is 14.8 Å². The lowest BCUT2D eigenvalue weighted by atomic mass is 10.2. The first-order valence-corrected chi connectivity index (χ1v) is 9.76. The third-order valence-corrected chi connectivity index (χ3v) is 5.55. The van der Waals surface area contributed by atoms with E-state index in [0.29, 0.717) is 16.8 Å². The van der Waals surface area contributed by atoms with Gasteiger partial charge in [0.25, 0.3) is 15.9 Å². The SMILES string of the molecule is Cc1ccc(C)c(S(=O)(=O)Nc2ccc(C(=O)N(C)CCC(=O)O)cc2)c1. The average molecular weight is 390 g/mol. The van der Waals surface area contributed by atoms with Crippen LogP contribution in [0.3, 0.4) is 0 Å². The maximum Gasteiger partial charge on any atom is 0.305 e. The summed E-state index contributed by atoms with van der Waals surface area (Å²) in [5.74, 6) is -1.31. The van der Waals surface area contributed by atoms with Crippen LogP contribution in [0.1, 0.15) is 27.9 Å². The smallest absolute Gasteiger partial charge is 0.305 e. The molecule has 0 atom stereocenters. The number of nitrogens with one attached hydrogen (secondary N) is 1. The predicted octanol–water partition coefficient (Wildman–Crippen LogP) is 2.65. The Hall–Kier alpha value is -2.87. The topological polar surface area (TPSA) is 104 Å². The van der Waals surface area contributed by atoms with Crippen LogP contribution in [0.25, 0.3) is 0 Å². The minimum atomic E-state index is -3.74. The Morgan fingerprint density at radius 1 is 1.07 bits per heavy atom. The van der Waals surface area contributed by atoms with Crippen molar-refractivity contribution in [3.8, 4) is 0 Å². The first-order chi connectivity index (χ1) is 12.6. The minimum Gasteiger partial charge on any atom is -0.481 e. The van der Waals surface area contributed by atoms with Gasteiger partial charge in [0.15, 0.2) is 0 Å². The van der Waals surface area contributed by atoms with Crippen LogP contribution >= 0.6 is 0 Å². The maximum atomic E-state index is 12.6. The van der Waals surface area contributed by atoms with Crippen LogP contribution in [-0.4, -0.2) is 43.9 Å². The minimum absolute atomic E-state index is 0.0924. The summed E-state index contributed by atoms with van der Waals surface area (Å²) in [5, 5.41) is 8.69. The summed E-state index contributed by atoms with van der Waals surface area (Å²) >= 11 is 0. The molecule has 2 N–H and O–H groups in total. The largest absolute Gasteiger partial charge is 0.481 e. The van der Waals surface area contributed by atoms with E-state index in [4.69, 9.17) is 5.11 Å². The molecule has 0 fully saturated rings. The Bertz CT molecular complexity index is 953. The summed E-state index contributed by atoms with van der Waals surface area (Å²) in [4.78, 5) is 24.4. The van der Waals surface area contributed by atoms with Crippen LogP contribution in [0.4, 0.5) is 5.69 Å². The molecular weight excluding hydrogens is 368 g/mol. The second kappa shape index (κ2) is 8.22. The summed E-state index contributed by atoms with van der Waals surface area (Å²) in [7, 11) is -2.23. The fourth-order valence-electron chi connectivity index (χ4n) is 2.47. The molecule has 0 radical (unpaired) electrons. The van der Waals surface area contributed by atoms with Gasteiger partial charge >= 0.3 is 5.97 Å². The number of anilines is 1. The molecule has 144 valence electrons. The Balaban J connectivity index is 2.14. The van der Waals surface area contributed by atoms with Crippen molar-refractivity contribution in [1.29, 1.82) is 0 Å². The van der Waals surface area contributed by atoms with Crippen molar-refractivity contribution in [2.45, 2.75) is 25.2 Å². The van der Waals surface area contributed by atoms with Gasteiger partial charge in [-0.15, -0.1) is 0 Å². The van der Waals surface area contributed by atoms with Gasteiger partial charge in [0, 0.05) is 24.8 Å². The zero-order valence-corrected chi connectivity index (χ0v) is 16.2. The zero-order valence-electron chi connectivity index (χ0n) is 15.4. The molecule has 0 spiro atoms. The Morgan fingerprint density at radius 3 is 2.30 bits per heavy atom. The molecular formula is C19H22N2O5S. The molecule has 0 aliphatic rings. The van der Waals surface area contributed by atoms with Crippen molar-refractivity contribution in [3.05, 3.63) is 59.2 Å².